The summed E-state index contributed by atoms with van der Waals surface area (Å²) in [7, 11) is 3.45. The van der Waals surface area contributed by atoms with Gasteiger partial charge in [0.25, 0.3) is 0 Å². The van der Waals surface area contributed by atoms with Gasteiger partial charge in [0, 0.05) is 17.7 Å². The first-order valence-electron chi connectivity index (χ1n) is 6.43. The van der Waals surface area contributed by atoms with Crippen LogP contribution in [0.15, 0.2) is 42.5 Å². The zero-order chi connectivity index (χ0) is 14.4. The van der Waals surface area contributed by atoms with Crippen LogP contribution in [0.1, 0.15) is 11.1 Å². The minimum atomic E-state index is -0.266. The number of ether oxygens (including phenoxy) is 2. The van der Waals surface area contributed by atoms with Gasteiger partial charge in [-0.3, -0.25) is 0 Å². The molecule has 0 aliphatic rings. The summed E-state index contributed by atoms with van der Waals surface area (Å²) < 4.78 is 24.7. The fourth-order valence-electron chi connectivity index (χ4n) is 1.98. The second kappa shape index (κ2) is 6.91. The summed E-state index contributed by atoms with van der Waals surface area (Å²) in [5.41, 5.74) is 1.50. The van der Waals surface area contributed by atoms with E-state index in [-0.39, 0.29) is 12.4 Å². The highest BCUT2D eigenvalue weighted by molar-refractivity contribution is 5.46. The summed E-state index contributed by atoms with van der Waals surface area (Å²) in [4.78, 5) is 0. The zero-order valence-electron chi connectivity index (χ0n) is 11.7. The Kier molecular flexibility index (Phi) is 4.96. The minimum Gasteiger partial charge on any atom is -0.493 e. The maximum atomic E-state index is 13.6. The first-order valence-corrected chi connectivity index (χ1v) is 6.43. The van der Waals surface area contributed by atoms with Gasteiger partial charge < -0.3 is 14.8 Å². The van der Waals surface area contributed by atoms with Gasteiger partial charge >= 0.3 is 0 Å². The standard InChI is InChI=1S/C16H18FNO2/c1-18-10-12-7-5-9-15(19-2)16(12)20-11-13-6-3-4-8-14(13)17/h3-9,18H,10-11H2,1-2H3. The molecule has 1 N–H and O–H groups in total. The lowest BCUT2D eigenvalue weighted by molar-refractivity contribution is 0.276. The van der Waals surface area contributed by atoms with E-state index in [2.05, 4.69) is 5.32 Å². The van der Waals surface area contributed by atoms with Crippen molar-refractivity contribution < 1.29 is 13.9 Å². The molecule has 0 aromatic heterocycles. The SMILES string of the molecule is CNCc1cccc(OC)c1OCc1ccccc1F. The van der Waals surface area contributed by atoms with Crippen LogP contribution in [0.2, 0.25) is 0 Å². The van der Waals surface area contributed by atoms with E-state index in [1.807, 2.05) is 25.2 Å². The normalized spacial score (nSPS) is 10.3. The maximum Gasteiger partial charge on any atom is 0.166 e. The zero-order valence-corrected chi connectivity index (χ0v) is 11.7. The van der Waals surface area contributed by atoms with E-state index in [0.29, 0.717) is 23.6 Å². The second-order valence-electron chi connectivity index (χ2n) is 4.36. The third kappa shape index (κ3) is 3.27. The van der Waals surface area contributed by atoms with Gasteiger partial charge in [-0.25, -0.2) is 4.39 Å². The molecule has 0 heterocycles. The van der Waals surface area contributed by atoms with E-state index in [1.54, 1.807) is 25.3 Å². The molecule has 0 unspecified atom stereocenters. The van der Waals surface area contributed by atoms with E-state index in [4.69, 9.17) is 9.47 Å². The smallest absolute Gasteiger partial charge is 0.166 e. The Morgan fingerprint density at radius 2 is 1.80 bits per heavy atom. The number of hydrogen-bond acceptors (Lipinski definition) is 3. The lowest BCUT2D eigenvalue weighted by atomic mass is 10.1. The molecule has 0 aliphatic carbocycles. The highest BCUT2D eigenvalue weighted by Gasteiger charge is 2.11. The predicted molar refractivity (Wildman–Crippen MR) is 76.5 cm³/mol. The number of methoxy groups -OCH3 is 1. The molecule has 3 nitrogen and oxygen atoms in total. The van der Waals surface area contributed by atoms with E-state index in [0.717, 1.165) is 5.56 Å². The van der Waals surface area contributed by atoms with Crippen molar-refractivity contribution >= 4 is 0 Å². The highest BCUT2D eigenvalue weighted by atomic mass is 19.1. The highest BCUT2D eigenvalue weighted by Crippen LogP contribution is 2.31. The molecule has 4 heteroatoms. The van der Waals surface area contributed by atoms with E-state index in [9.17, 15) is 4.39 Å². The van der Waals surface area contributed by atoms with Crippen LogP contribution < -0.4 is 14.8 Å². The van der Waals surface area contributed by atoms with Crippen molar-refractivity contribution in [3.63, 3.8) is 0 Å². The van der Waals surface area contributed by atoms with Crippen LogP contribution >= 0.6 is 0 Å². The largest absolute Gasteiger partial charge is 0.493 e. The predicted octanol–water partition coefficient (Wildman–Crippen LogP) is 3.13. The summed E-state index contributed by atoms with van der Waals surface area (Å²) in [6.45, 7) is 0.827. The number of halogens is 1. The molecule has 20 heavy (non-hydrogen) atoms. The molecule has 0 fully saturated rings. The first kappa shape index (κ1) is 14.3. The number of nitrogens with one attached hydrogen (secondary N) is 1. The van der Waals surface area contributed by atoms with Gasteiger partial charge in [-0.1, -0.05) is 30.3 Å². The summed E-state index contributed by atoms with van der Waals surface area (Å²) in [5.74, 6) is 1.03. The van der Waals surface area contributed by atoms with Crippen LogP contribution in [0.25, 0.3) is 0 Å². The van der Waals surface area contributed by atoms with E-state index in [1.165, 1.54) is 6.07 Å². The summed E-state index contributed by atoms with van der Waals surface area (Å²) in [6, 6.07) is 12.3. The molecular formula is C16H18FNO2. The monoisotopic (exact) mass is 275 g/mol. The van der Waals surface area contributed by atoms with Crippen molar-refractivity contribution in [1.82, 2.24) is 5.32 Å². The summed E-state index contributed by atoms with van der Waals surface area (Å²) in [5, 5.41) is 3.08. The fraction of sp³-hybridized carbons (Fsp3) is 0.250. The van der Waals surface area contributed by atoms with E-state index >= 15 is 0 Å². The van der Waals surface area contributed by atoms with Crippen LogP contribution in [0, 0.1) is 5.82 Å². The molecule has 0 spiro atoms. The van der Waals surface area contributed by atoms with Crippen LogP contribution in [0.5, 0.6) is 11.5 Å². The van der Waals surface area contributed by atoms with Crippen LogP contribution in [-0.4, -0.2) is 14.2 Å². The van der Waals surface area contributed by atoms with Gasteiger partial charge in [0.05, 0.1) is 7.11 Å². The van der Waals surface area contributed by atoms with Gasteiger partial charge in [-0.05, 0) is 19.2 Å². The Morgan fingerprint density at radius 3 is 2.50 bits per heavy atom. The quantitative estimate of drug-likeness (QED) is 0.878. The molecule has 0 atom stereocenters. The average Bonchev–Trinajstić information content (AvgIpc) is 2.47. The van der Waals surface area contributed by atoms with E-state index < -0.39 is 0 Å². The van der Waals surface area contributed by atoms with Crippen LogP contribution in [0.3, 0.4) is 0 Å². The first-order chi connectivity index (χ1) is 9.76. The molecule has 106 valence electrons. The minimum absolute atomic E-state index is 0.170. The fourth-order valence-corrected chi connectivity index (χ4v) is 1.98. The number of hydrogen-bond donors (Lipinski definition) is 1. The number of para-hydroxylation sites is 1. The third-order valence-corrected chi connectivity index (χ3v) is 2.98. The molecule has 0 saturated heterocycles. The van der Waals surface area contributed by atoms with Crippen molar-refractivity contribution in [1.29, 1.82) is 0 Å². The number of benzene rings is 2. The van der Waals surface area contributed by atoms with Crippen molar-refractivity contribution in [2.45, 2.75) is 13.2 Å². The molecule has 0 aliphatic heterocycles. The van der Waals surface area contributed by atoms with Crippen molar-refractivity contribution in [2.24, 2.45) is 0 Å². The topological polar surface area (TPSA) is 30.5 Å². The van der Waals surface area contributed by atoms with Gasteiger partial charge in [0.15, 0.2) is 11.5 Å². The molecule has 2 aromatic carbocycles. The van der Waals surface area contributed by atoms with Crippen molar-refractivity contribution in [3.8, 4) is 11.5 Å². The summed E-state index contributed by atoms with van der Waals surface area (Å²) in [6.07, 6.45) is 0. The van der Waals surface area contributed by atoms with Gasteiger partial charge in [-0.15, -0.1) is 0 Å². The lowest BCUT2D eigenvalue weighted by Gasteiger charge is -2.15. The maximum absolute atomic E-state index is 13.6. The van der Waals surface area contributed by atoms with Gasteiger partial charge in [0.2, 0.25) is 0 Å². The molecule has 2 rings (SSSR count). The van der Waals surface area contributed by atoms with Crippen LogP contribution in [0.4, 0.5) is 4.39 Å². The van der Waals surface area contributed by atoms with Gasteiger partial charge in [0.1, 0.15) is 12.4 Å². The Balaban J connectivity index is 2.21. The van der Waals surface area contributed by atoms with Crippen molar-refractivity contribution in [3.05, 3.63) is 59.4 Å². The summed E-state index contributed by atoms with van der Waals surface area (Å²) >= 11 is 0. The second-order valence-corrected chi connectivity index (χ2v) is 4.36. The Bertz CT molecular complexity index is 572. The average molecular weight is 275 g/mol. The van der Waals surface area contributed by atoms with Crippen molar-refractivity contribution in [2.75, 3.05) is 14.2 Å². The lowest BCUT2D eigenvalue weighted by Crippen LogP contribution is -2.09. The molecule has 2 aromatic rings. The van der Waals surface area contributed by atoms with Gasteiger partial charge in [-0.2, -0.15) is 0 Å². The third-order valence-electron chi connectivity index (χ3n) is 2.98. The molecular weight excluding hydrogens is 257 g/mol. The molecule has 0 amide bonds. The molecule has 0 radical (unpaired) electrons. The Labute approximate surface area is 118 Å². The molecule has 0 saturated carbocycles. The Morgan fingerprint density at radius 1 is 1.05 bits per heavy atom. The van der Waals surface area contributed by atoms with Crippen LogP contribution in [-0.2, 0) is 13.2 Å². The molecule has 0 bridgehead atoms. The Hall–Kier alpha value is -2.07. The number of rotatable bonds is 6.